The van der Waals surface area contributed by atoms with Gasteiger partial charge in [-0.05, 0) is 12.0 Å². The van der Waals surface area contributed by atoms with Crippen LogP contribution >= 0.6 is 0 Å². The van der Waals surface area contributed by atoms with Crippen LogP contribution in [0.15, 0.2) is 36.5 Å². The standard InChI is InChI=1S/C13H16N4O/c1-2-11(9-6-4-3-5-7-9)16-13(18)12-10(14)8-15-17-12/h3-8,11H,2,14H2,1H3,(H,15,17)(H,16,18). The third-order valence-electron chi connectivity index (χ3n) is 2.81. The van der Waals surface area contributed by atoms with E-state index in [9.17, 15) is 4.79 Å². The van der Waals surface area contributed by atoms with E-state index in [0.29, 0.717) is 11.4 Å². The molecule has 5 nitrogen and oxygen atoms in total. The number of nitrogens with zero attached hydrogens (tertiary/aromatic N) is 1. The van der Waals surface area contributed by atoms with E-state index in [1.54, 1.807) is 0 Å². The SMILES string of the molecule is CCC(NC(=O)c1[nH]ncc1N)c1ccccc1. The highest BCUT2D eigenvalue weighted by Crippen LogP contribution is 2.17. The van der Waals surface area contributed by atoms with Crippen LogP contribution in [0.1, 0.15) is 35.4 Å². The van der Waals surface area contributed by atoms with Gasteiger partial charge in [0.1, 0.15) is 5.69 Å². The quantitative estimate of drug-likeness (QED) is 0.767. The molecular formula is C13H16N4O. The van der Waals surface area contributed by atoms with Crippen LogP contribution in [-0.2, 0) is 0 Å². The zero-order chi connectivity index (χ0) is 13.0. The van der Waals surface area contributed by atoms with Crippen molar-refractivity contribution in [3.05, 3.63) is 47.8 Å². The molecule has 2 rings (SSSR count). The van der Waals surface area contributed by atoms with E-state index >= 15 is 0 Å². The van der Waals surface area contributed by atoms with Gasteiger partial charge in [-0.3, -0.25) is 9.89 Å². The second-order valence-electron chi connectivity index (χ2n) is 4.05. The number of H-pyrrole nitrogens is 1. The minimum Gasteiger partial charge on any atom is -0.396 e. The van der Waals surface area contributed by atoms with Gasteiger partial charge in [-0.2, -0.15) is 5.10 Å². The molecule has 0 fully saturated rings. The van der Waals surface area contributed by atoms with Gasteiger partial charge in [0, 0.05) is 0 Å². The van der Waals surface area contributed by atoms with Gasteiger partial charge in [-0.1, -0.05) is 37.3 Å². The fraction of sp³-hybridized carbons (Fsp3) is 0.231. The zero-order valence-electron chi connectivity index (χ0n) is 10.2. The average Bonchev–Trinajstić information content (AvgIpc) is 2.83. The average molecular weight is 244 g/mol. The highest BCUT2D eigenvalue weighted by Gasteiger charge is 2.16. The number of nitrogen functional groups attached to an aromatic ring is 1. The van der Waals surface area contributed by atoms with E-state index in [1.165, 1.54) is 6.20 Å². The first-order valence-corrected chi connectivity index (χ1v) is 5.87. The van der Waals surface area contributed by atoms with Gasteiger partial charge in [-0.25, -0.2) is 0 Å². The normalized spacial score (nSPS) is 12.1. The number of hydrogen-bond acceptors (Lipinski definition) is 3. The first-order chi connectivity index (χ1) is 8.72. The van der Waals surface area contributed by atoms with E-state index in [4.69, 9.17) is 5.73 Å². The molecule has 1 unspecified atom stereocenters. The molecule has 1 atom stereocenters. The smallest absolute Gasteiger partial charge is 0.271 e. The summed E-state index contributed by atoms with van der Waals surface area (Å²) in [5.41, 5.74) is 7.38. The lowest BCUT2D eigenvalue weighted by atomic mass is 10.0. The fourth-order valence-electron chi connectivity index (χ4n) is 1.81. The van der Waals surface area contributed by atoms with Crippen molar-refractivity contribution in [2.24, 2.45) is 0 Å². The summed E-state index contributed by atoms with van der Waals surface area (Å²) >= 11 is 0. The maximum atomic E-state index is 12.0. The molecule has 94 valence electrons. The molecule has 4 N–H and O–H groups in total. The first kappa shape index (κ1) is 12.2. The minimum absolute atomic E-state index is 0.0265. The number of nitrogens with two attached hydrogens (primary N) is 1. The maximum Gasteiger partial charge on any atom is 0.271 e. The van der Waals surface area contributed by atoms with Crippen molar-refractivity contribution in [2.45, 2.75) is 19.4 Å². The van der Waals surface area contributed by atoms with Gasteiger partial charge in [0.2, 0.25) is 0 Å². The number of carbonyl (C=O) groups is 1. The van der Waals surface area contributed by atoms with E-state index in [1.807, 2.05) is 37.3 Å². The van der Waals surface area contributed by atoms with Crippen LogP contribution < -0.4 is 11.1 Å². The lowest BCUT2D eigenvalue weighted by Crippen LogP contribution is -2.29. The molecule has 1 aromatic carbocycles. The minimum atomic E-state index is -0.235. The molecule has 0 radical (unpaired) electrons. The van der Waals surface area contributed by atoms with Gasteiger partial charge in [-0.15, -0.1) is 0 Å². The molecule has 0 aliphatic rings. The van der Waals surface area contributed by atoms with Crippen LogP contribution in [0.4, 0.5) is 5.69 Å². The number of nitrogens with one attached hydrogen (secondary N) is 2. The molecule has 0 bridgehead atoms. The number of hydrogen-bond donors (Lipinski definition) is 3. The fourth-order valence-corrected chi connectivity index (χ4v) is 1.81. The summed E-state index contributed by atoms with van der Waals surface area (Å²) in [6.07, 6.45) is 2.24. The van der Waals surface area contributed by atoms with Gasteiger partial charge < -0.3 is 11.1 Å². The lowest BCUT2D eigenvalue weighted by Gasteiger charge is -2.17. The highest BCUT2D eigenvalue weighted by atomic mass is 16.2. The van der Waals surface area contributed by atoms with Crippen LogP contribution in [-0.4, -0.2) is 16.1 Å². The Kier molecular flexibility index (Phi) is 3.62. The second kappa shape index (κ2) is 5.35. The van der Waals surface area contributed by atoms with Crippen molar-refractivity contribution >= 4 is 11.6 Å². The Labute approximate surface area is 105 Å². The van der Waals surface area contributed by atoms with E-state index in [-0.39, 0.29) is 11.9 Å². The van der Waals surface area contributed by atoms with Crippen molar-refractivity contribution in [2.75, 3.05) is 5.73 Å². The van der Waals surface area contributed by atoms with Gasteiger partial charge >= 0.3 is 0 Å². The molecule has 18 heavy (non-hydrogen) atoms. The van der Waals surface area contributed by atoms with Crippen molar-refractivity contribution in [3.8, 4) is 0 Å². The van der Waals surface area contributed by atoms with E-state index < -0.39 is 0 Å². The number of rotatable bonds is 4. The van der Waals surface area contributed by atoms with Crippen LogP contribution in [0.25, 0.3) is 0 Å². The Bertz CT molecular complexity index is 521. The molecule has 2 aromatic rings. The number of amides is 1. The van der Waals surface area contributed by atoms with Gasteiger partial charge in [0.15, 0.2) is 0 Å². The third-order valence-corrected chi connectivity index (χ3v) is 2.81. The van der Waals surface area contributed by atoms with Gasteiger partial charge in [0.05, 0.1) is 17.9 Å². The zero-order valence-corrected chi connectivity index (χ0v) is 10.2. The molecule has 0 spiro atoms. The Balaban J connectivity index is 2.13. The van der Waals surface area contributed by atoms with E-state index in [0.717, 1.165) is 12.0 Å². The van der Waals surface area contributed by atoms with Crippen LogP contribution in [0.3, 0.4) is 0 Å². The van der Waals surface area contributed by atoms with Crippen LogP contribution in [0, 0.1) is 0 Å². The summed E-state index contributed by atoms with van der Waals surface area (Å²) in [4.78, 5) is 12.0. The third kappa shape index (κ3) is 2.51. The molecule has 0 aliphatic carbocycles. The van der Waals surface area contributed by atoms with Crippen molar-refractivity contribution in [1.29, 1.82) is 0 Å². The number of benzene rings is 1. The summed E-state index contributed by atoms with van der Waals surface area (Å²) in [7, 11) is 0. The summed E-state index contributed by atoms with van der Waals surface area (Å²) < 4.78 is 0. The van der Waals surface area contributed by atoms with Crippen LogP contribution in [0.5, 0.6) is 0 Å². The molecule has 1 amide bonds. The Morgan fingerprint density at radius 1 is 1.44 bits per heavy atom. The topological polar surface area (TPSA) is 83.8 Å². The summed E-state index contributed by atoms with van der Waals surface area (Å²) in [6.45, 7) is 2.02. The molecule has 1 aromatic heterocycles. The maximum absolute atomic E-state index is 12.0. The second-order valence-corrected chi connectivity index (χ2v) is 4.05. The Morgan fingerprint density at radius 3 is 2.72 bits per heavy atom. The number of carbonyl (C=O) groups excluding carboxylic acids is 1. The monoisotopic (exact) mass is 244 g/mol. The number of anilines is 1. The van der Waals surface area contributed by atoms with Gasteiger partial charge in [0.25, 0.3) is 5.91 Å². The molecular weight excluding hydrogens is 228 g/mol. The van der Waals surface area contributed by atoms with E-state index in [2.05, 4.69) is 15.5 Å². The summed E-state index contributed by atoms with van der Waals surface area (Å²) in [5.74, 6) is -0.235. The highest BCUT2D eigenvalue weighted by molar-refractivity contribution is 5.97. The molecule has 1 heterocycles. The lowest BCUT2D eigenvalue weighted by molar-refractivity contribution is 0.0931. The molecule has 0 saturated carbocycles. The van der Waals surface area contributed by atoms with Crippen LogP contribution in [0.2, 0.25) is 0 Å². The number of aromatic nitrogens is 2. The summed E-state index contributed by atoms with van der Waals surface area (Å²) in [5, 5.41) is 9.27. The first-order valence-electron chi connectivity index (χ1n) is 5.87. The molecule has 5 heteroatoms. The largest absolute Gasteiger partial charge is 0.396 e. The Hall–Kier alpha value is -2.30. The van der Waals surface area contributed by atoms with Crippen molar-refractivity contribution in [1.82, 2.24) is 15.5 Å². The predicted octanol–water partition coefficient (Wildman–Crippen LogP) is 1.87. The van der Waals surface area contributed by atoms with Crippen molar-refractivity contribution in [3.63, 3.8) is 0 Å². The summed E-state index contributed by atoms with van der Waals surface area (Å²) in [6, 6.07) is 9.81. The molecule has 0 saturated heterocycles. The Morgan fingerprint density at radius 2 is 2.17 bits per heavy atom. The number of aromatic amines is 1. The van der Waals surface area contributed by atoms with Crippen molar-refractivity contribution < 1.29 is 4.79 Å². The predicted molar refractivity (Wildman–Crippen MR) is 69.9 cm³/mol. The molecule has 0 aliphatic heterocycles.